The second-order valence-electron chi connectivity index (χ2n) is 3.61. The lowest BCUT2D eigenvalue weighted by molar-refractivity contribution is 0.208. The second-order valence-corrected chi connectivity index (χ2v) is 4.59. The van der Waals surface area contributed by atoms with Crippen molar-refractivity contribution in [3.05, 3.63) is 52.0 Å². The molecule has 0 radical (unpaired) electrons. The Kier molecular flexibility index (Phi) is 3.92. The molecule has 2 aromatic rings. The van der Waals surface area contributed by atoms with Crippen LogP contribution in [0.1, 0.15) is 16.5 Å². The normalized spacial score (nSPS) is 11.8. The molecule has 0 spiro atoms. The zero-order valence-electron chi connectivity index (χ0n) is 9.47. The molecule has 0 amide bonds. The maximum Gasteiger partial charge on any atom is 0.166 e. The molecular weight excluding hydrogens is 251 g/mol. The van der Waals surface area contributed by atoms with Gasteiger partial charge in [-0.05, 0) is 29.6 Å². The van der Waals surface area contributed by atoms with Gasteiger partial charge in [-0.15, -0.1) is 11.3 Å². The fraction of sp³-hybridized carbons (Fsp3) is 0.154. The minimum Gasteiger partial charge on any atom is -0.480 e. The van der Waals surface area contributed by atoms with Crippen molar-refractivity contribution >= 4 is 11.3 Å². The molecule has 0 aliphatic heterocycles. The summed E-state index contributed by atoms with van der Waals surface area (Å²) in [6.07, 6.45) is -0.368. The van der Waals surface area contributed by atoms with Crippen LogP contribution >= 0.6 is 11.3 Å². The molecule has 18 heavy (non-hydrogen) atoms. The third-order valence-electron chi connectivity index (χ3n) is 2.40. The van der Waals surface area contributed by atoms with E-state index in [1.165, 1.54) is 23.5 Å². The molecule has 2 N–H and O–H groups in total. The summed E-state index contributed by atoms with van der Waals surface area (Å²) >= 11 is 1.51. The lowest BCUT2D eigenvalue weighted by atomic mass is 10.2. The summed E-state index contributed by atoms with van der Waals surface area (Å²) in [6, 6.07) is 9.77. The number of hydrogen-bond donors (Lipinski definition) is 1. The van der Waals surface area contributed by atoms with Gasteiger partial charge in [0.2, 0.25) is 0 Å². The highest BCUT2D eigenvalue weighted by molar-refractivity contribution is 7.10. The van der Waals surface area contributed by atoms with Gasteiger partial charge in [0, 0.05) is 11.4 Å². The molecule has 5 heteroatoms. The molecule has 1 aromatic carbocycles. The standard InChI is InChI=1S/C13H11FN2OS/c14-10-6-9(7-15)3-4-11(10)17-12(8-16)13-2-1-5-18-13/h1-6,12H,8,16H2. The van der Waals surface area contributed by atoms with E-state index in [-0.39, 0.29) is 24.0 Å². The summed E-state index contributed by atoms with van der Waals surface area (Å²) in [5.74, 6) is -0.443. The Morgan fingerprint density at radius 2 is 2.28 bits per heavy atom. The van der Waals surface area contributed by atoms with E-state index < -0.39 is 5.82 Å². The maximum atomic E-state index is 13.7. The Bertz CT molecular complexity index is 563. The summed E-state index contributed by atoms with van der Waals surface area (Å²) in [5, 5.41) is 10.6. The van der Waals surface area contributed by atoms with Gasteiger partial charge in [0.05, 0.1) is 11.6 Å². The van der Waals surface area contributed by atoms with E-state index in [9.17, 15) is 4.39 Å². The number of nitriles is 1. The highest BCUT2D eigenvalue weighted by atomic mass is 32.1. The first kappa shape index (κ1) is 12.6. The van der Waals surface area contributed by atoms with Crippen LogP contribution in [0.3, 0.4) is 0 Å². The Morgan fingerprint density at radius 3 is 2.83 bits per heavy atom. The SMILES string of the molecule is N#Cc1ccc(OC(CN)c2cccs2)c(F)c1. The quantitative estimate of drug-likeness (QED) is 0.921. The average molecular weight is 262 g/mol. The number of nitrogens with zero attached hydrogens (tertiary/aromatic N) is 1. The molecule has 2 rings (SSSR count). The second kappa shape index (κ2) is 5.63. The van der Waals surface area contributed by atoms with Crippen LogP contribution in [0.2, 0.25) is 0 Å². The molecule has 1 heterocycles. The highest BCUT2D eigenvalue weighted by Gasteiger charge is 2.15. The lowest BCUT2D eigenvalue weighted by Gasteiger charge is -2.16. The molecule has 0 saturated carbocycles. The Morgan fingerprint density at radius 1 is 1.44 bits per heavy atom. The van der Waals surface area contributed by atoms with E-state index in [0.29, 0.717) is 0 Å². The molecule has 3 nitrogen and oxygen atoms in total. The van der Waals surface area contributed by atoms with Crippen molar-refractivity contribution in [3.8, 4) is 11.8 Å². The van der Waals surface area contributed by atoms with E-state index in [2.05, 4.69) is 0 Å². The Balaban J connectivity index is 2.20. The van der Waals surface area contributed by atoms with Gasteiger partial charge in [-0.25, -0.2) is 4.39 Å². The number of thiophene rings is 1. The van der Waals surface area contributed by atoms with Crippen LogP contribution in [-0.2, 0) is 0 Å². The molecule has 0 aliphatic rings. The predicted octanol–water partition coefficient (Wildman–Crippen LogP) is 2.84. The van der Waals surface area contributed by atoms with Crippen LogP contribution in [0.15, 0.2) is 35.7 Å². The number of nitrogens with two attached hydrogens (primary N) is 1. The number of halogens is 1. The van der Waals surface area contributed by atoms with Crippen molar-refractivity contribution in [2.75, 3.05) is 6.54 Å². The van der Waals surface area contributed by atoms with Crippen LogP contribution < -0.4 is 10.5 Å². The zero-order valence-corrected chi connectivity index (χ0v) is 10.3. The van der Waals surface area contributed by atoms with Crippen molar-refractivity contribution in [2.45, 2.75) is 6.10 Å². The number of rotatable bonds is 4. The van der Waals surface area contributed by atoms with Gasteiger partial charge in [-0.2, -0.15) is 5.26 Å². The van der Waals surface area contributed by atoms with Crippen LogP contribution in [0.25, 0.3) is 0 Å². The molecule has 0 saturated heterocycles. The summed E-state index contributed by atoms with van der Waals surface area (Å²) in [4.78, 5) is 0.946. The fourth-order valence-corrected chi connectivity index (χ4v) is 2.28. The third-order valence-corrected chi connectivity index (χ3v) is 3.37. The summed E-state index contributed by atoms with van der Waals surface area (Å²) in [6.45, 7) is 0.264. The smallest absolute Gasteiger partial charge is 0.166 e. The van der Waals surface area contributed by atoms with Crippen molar-refractivity contribution in [1.29, 1.82) is 5.26 Å². The van der Waals surface area contributed by atoms with Crippen molar-refractivity contribution in [2.24, 2.45) is 5.73 Å². The molecule has 0 fully saturated rings. The van der Waals surface area contributed by atoms with Crippen LogP contribution in [0, 0.1) is 17.1 Å². The molecule has 0 aliphatic carbocycles. The minimum absolute atomic E-state index is 0.109. The van der Waals surface area contributed by atoms with Gasteiger partial charge >= 0.3 is 0 Å². The number of hydrogen-bond acceptors (Lipinski definition) is 4. The first-order valence-corrected chi connectivity index (χ1v) is 6.22. The predicted molar refractivity (Wildman–Crippen MR) is 67.9 cm³/mol. The van der Waals surface area contributed by atoms with Gasteiger partial charge in [0.15, 0.2) is 11.6 Å². The van der Waals surface area contributed by atoms with Crippen LogP contribution in [-0.4, -0.2) is 6.54 Å². The number of ether oxygens (including phenoxy) is 1. The average Bonchev–Trinajstić information content (AvgIpc) is 2.91. The molecular formula is C13H11FN2OS. The first-order chi connectivity index (χ1) is 8.74. The van der Waals surface area contributed by atoms with Crippen LogP contribution in [0.4, 0.5) is 4.39 Å². The summed E-state index contributed by atoms with van der Waals surface area (Å²) < 4.78 is 19.2. The molecule has 1 atom stereocenters. The monoisotopic (exact) mass is 262 g/mol. The highest BCUT2D eigenvalue weighted by Crippen LogP contribution is 2.27. The van der Waals surface area contributed by atoms with E-state index in [0.717, 1.165) is 10.9 Å². The maximum absolute atomic E-state index is 13.7. The summed E-state index contributed by atoms with van der Waals surface area (Å²) in [7, 11) is 0. The van der Waals surface area contributed by atoms with E-state index in [4.69, 9.17) is 15.7 Å². The third kappa shape index (κ3) is 2.67. The molecule has 1 aromatic heterocycles. The lowest BCUT2D eigenvalue weighted by Crippen LogP contribution is -2.17. The molecule has 0 bridgehead atoms. The van der Waals surface area contributed by atoms with Crippen molar-refractivity contribution in [1.82, 2.24) is 0 Å². The first-order valence-electron chi connectivity index (χ1n) is 5.34. The molecule has 1 unspecified atom stereocenters. The molecule has 92 valence electrons. The largest absolute Gasteiger partial charge is 0.480 e. The van der Waals surface area contributed by atoms with Gasteiger partial charge in [-0.3, -0.25) is 0 Å². The van der Waals surface area contributed by atoms with Crippen molar-refractivity contribution in [3.63, 3.8) is 0 Å². The van der Waals surface area contributed by atoms with Gasteiger partial charge < -0.3 is 10.5 Å². The zero-order chi connectivity index (χ0) is 13.0. The van der Waals surface area contributed by atoms with Crippen LogP contribution in [0.5, 0.6) is 5.75 Å². The topological polar surface area (TPSA) is 59.0 Å². The Hall–Kier alpha value is -1.90. The van der Waals surface area contributed by atoms with E-state index >= 15 is 0 Å². The fourth-order valence-electron chi connectivity index (χ4n) is 1.52. The van der Waals surface area contributed by atoms with Gasteiger partial charge in [0.25, 0.3) is 0 Å². The number of benzene rings is 1. The van der Waals surface area contributed by atoms with E-state index in [1.807, 2.05) is 23.6 Å². The van der Waals surface area contributed by atoms with Crippen molar-refractivity contribution < 1.29 is 9.13 Å². The van der Waals surface area contributed by atoms with Gasteiger partial charge in [-0.1, -0.05) is 6.07 Å². The summed E-state index contributed by atoms with van der Waals surface area (Å²) in [5.41, 5.74) is 5.89. The minimum atomic E-state index is -0.552. The Labute approximate surface area is 108 Å². The van der Waals surface area contributed by atoms with E-state index in [1.54, 1.807) is 0 Å². The van der Waals surface area contributed by atoms with Gasteiger partial charge in [0.1, 0.15) is 6.10 Å².